The maximum atomic E-state index is 11.6. The van der Waals surface area contributed by atoms with E-state index in [1.165, 1.54) is 0 Å². The van der Waals surface area contributed by atoms with Gasteiger partial charge < -0.3 is 5.73 Å². The third-order valence-corrected chi connectivity index (χ3v) is 3.21. The Kier molecular flexibility index (Phi) is 3.47. The van der Waals surface area contributed by atoms with Gasteiger partial charge in [-0.3, -0.25) is 4.79 Å². The number of primary amides is 1. The summed E-state index contributed by atoms with van der Waals surface area (Å²) in [6.45, 7) is 4.13. The number of hydrogen-bond acceptors (Lipinski definition) is 1. The van der Waals surface area contributed by atoms with Crippen molar-refractivity contribution in [2.75, 3.05) is 0 Å². The van der Waals surface area contributed by atoms with Crippen LogP contribution in [-0.2, 0) is 6.42 Å². The molecule has 0 heterocycles. The summed E-state index contributed by atoms with van der Waals surface area (Å²) in [5.74, 6) is -0.372. The maximum absolute atomic E-state index is 11.6. The fourth-order valence-electron chi connectivity index (χ4n) is 2.27. The van der Waals surface area contributed by atoms with Gasteiger partial charge in [0.1, 0.15) is 0 Å². The molecule has 2 rings (SSSR count). The Hall–Kier alpha value is -2.09. The highest BCUT2D eigenvalue weighted by Gasteiger charge is 2.14. The van der Waals surface area contributed by atoms with Crippen LogP contribution in [0.25, 0.3) is 11.1 Å². The minimum atomic E-state index is -0.372. The van der Waals surface area contributed by atoms with Crippen molar-refractivity contribution < 1.29 is 4.79 Å². The smallest absolute Gasteiger partial charge is 0.249 e. The molecule has 0 spiro atoms. The second-order valence-corrected chi connectivity index (χ2v) is 4.37. The monoisotopic (exact) mass is 239 g/mol. The SMILES string of the molecule is CCc1cccc(C(N)=O)c1-c1ccccc1C. The van der Waals surface area contributed by atoms with Crippen LogP contribution in [0, 0.1) is 6.92 Å². The minimum absolute atomic E-state index is 0.372. The lowest BCUT2D eigenvalue weighted by Gasteiger charge is -2.14. The van der Waals surface area contributed by atoms with Crippen molar-refractivity contribution in [2.45, 2.75) is 20.3 Å². The highest BCUT2D eigenvalue weighted by atomic mass is 16.1. The number of carbonyl (C=O) groups is 1. The predicted molar refractivity (Wildman–Crippen MR) is 74.5 cm³/mol. The molecule has 0 aliphatic rings. The van der Waals surface area contributed by atoms with Gasteiger partial charge in [-0.1, -0.05) is 43.3 Å². The van der Waals surface area contributed by atoms with Crippen LogP contribution in [0.2, 0.25) is 0 Å². The Balaban J connectivity index is 2.76. The van der Waals surface area contributed by atoms with Crippen molar-refractivity contribution in [3.63, 3.8) is 0 Å². The van der Waals surface area contributed by atoms with E-state index >= 15 is 0 Å². The summed E-state index contributed by atoms with van der Waals surface area (Å²) in [6.07, 6.45) is 0.880. The number of carbonyl (C=O) groups excluding carboxylic acids is 1. The molecule has 0 unspecified atom stereocenters. The highest BCUT2D eigenvalue weighted by molar-refractivity contribution is 6.01. The summed E-state index contributed by atoms with van der Waals surface area (Å²) in [5.41, 5.74) is 10.5. The van der Waals surface area contributed by atoms with Gasteiger partial charge in [0.25, 0.3) is 0 Å². The molecule has 0 saturated heterocycles. The average Bonchev–Trinajstić information content (AvgIpc) is 2.38. The van der Waals surface area contributed by atoms with E-state index in [9.17, 15) is 4.79 Å². The van der Waals surface area contributed by atoms with E-state index in [4.69, 9.17) is 5.73 Å². The van der Waals surface area contributed by atoms with Crippen LogP contribution in [0.5, 0.6) is 0 Å². The molecule has 0 radical (unpaired) electrons. The number of benzene rings is 2. The Morgan fingerprint density at radius 2 is 1.83 bits per heavy atom. The van der Waals surface area contributed by atoms with E-state index in [1.54, 1.807) is 6.07 Å². The van der Waals surface area contributed by atoms with Crippen LogP contribution < -0.4 is 5.73 Å². The van der Waals surface area contributed by atoms with Crippen LogP contribution >= 0.6 is 0 Å². The maximum Gasteiger partial charge on any atom is 0.249 e. The van der Waals surface area contributed by atoms with Gasteiger partial charge in [-0.25, -0.2) is 0 Å². The molecule has 2 heteroatoms. The molecule has 0 atom stereocenters. The second kappa shape index (κ2) is 5.05. The Labute approximate surface area is 107 Å². The first-order valence-corrected chi connectivity index (χ1v) is 6.12. The molecular formula is C16H17NO. The summed E-state index contributed by atoms with van der Waals surface area (Å²) >= 11 is 0. The van der Waals surface area contributed by atoms with Crippen molar-refractivity contribution in [1.82, 2.24) is 0 Å². The van der Waals surface area contributed by atoms with E-state index in [-0.39, 0.29) is 5.91 Å². The Bertz CT molecular complexity index is 587. The van der Waals surface area contributed by atoms with E-state index in [1.807, 2.05) is 43.3 Å². The highest BCUT2D eigenvalue weighted by Crippen LogP contribution is 2.30. The van der Waals surface area contributed by atoms with Gasteiger partial charge in [-0.05, 0) is 41.7 Å². The van der Waals surface area contributed by atoms with Crippen molar-refractivity contribution in [1.29, 1.82) is 0 Å². The number of amides is 1. The fraction of sp³-hybridized carbons (Fsp3) is 0.188. The van der Waals surface area contributed by atoms with Gasteiger partial charge >= 0.3 is 0 Å². The van der Waals surface area contributed by atoms with Crippen molar-refractivity contribution in [2.24, 2.45) is 5.73 Å². The molecule has 1 amide bonds. The molecule has 2 aromatic carbocycles. The third kappa shape index (κ3) is 2.14. The molecule has 2 aromatic rings. The van der Waals surface area contributed by atoms with Crippen LogP contribution in [0.3, 0.4) is 0 Å². The van der Waals surface area contributed by atoms with Gasteiger partial charge in [0.2, 0.25) is 5.91 Å². The molecule has 0 fully saturated rings. The number of hydrogen-bond donors (Lipinski definition) is 1. The second-order valence-electron chi connectivity index (χ2n) is 4.37. The van der Waals surface area contributed by atoms with E-state index in [0.717, 1.165) is 28.7 Å². The zero-order chi connectivity index (χ0) is 13.1. The van der Waals surface area contributed by atoms with Gasteiger partial charge in [-0.2, -0.15) is 0 Å². The Morgan fingerprint density at radius 3 is 2.44 bits per heavy atom. The molecule has 0 bridgehead atoms. The zero-order valence-corrected chi connectivity index (χ0v) is 10.7. The lowest BCUT2D eigenvalue weighted by atomic mass is 9.90. The lowest BCUT2D eigenvalue weighted by Crippen LogP contribution is -2.13. The van der Waals surface area contributed by atoms with Crippen LogP contribution in [-0.4, -0.2) is 5.91 Å². The molecule has 18 heavy (non-hydrogen) atoms. The molecule has 0 aliphatic carbocycles. The number of nitrogens with two attached hydrogens (primary N) is 1. The third-order valence-electron chi connectivity index (χ3n) is 3.21. The van der Waals surface area contributed by atoms with Gasteiger partial charge in [0, 0.05) is 5.56 Å². The first kappa shape index (κ1) is 12.4. The van der Waals surface area contributed by atoms with E-state index in [2.05, 4.69) is 6.92 Å². The van der Waals surface area contributed by atoms with Crippen molar-refractivity contribution in [3.05, 3.63) is 59.2 Å². The predicted octanol–water partition coefficient (Wildman–Crippen LogP) is 3.32. The molecule has 0 aromatic heterocycles. The Morgan fingerprint density at radius 1 is 1.11 bits per heavy atom. The molecule has 0 aliphatic heterocycles. The first-order chi connectivity index (χ1) is 8.65. The summed E-state index contributed by atoms with van der Waals surface area (Å²) in [5, 5.41) is 0. The standard InChI is InChI=1S/C16H17NO/c1-3-12-8-6-10-14(16(17)18)15(12)13-9-5-4-7-11(13)2/h4-10H,3H2,1-2H3,(H2,17,18). The van der Waals surface area contributed by atoms with Crippen LogP contribution in [0.15, 0.2) is 42.5 Å². The van der Waals surface area contributed by atoms with Crippen molar-refractivity contribution >= 4 is 5.91 Å². The minimum Gasteiger partial charge on any atom is -0.366 e. The van der Waals surface area contributed by atoms with Crippen LogP contribution in [0.4, 0.5) is 0 Å². The molecular weight excluding hydrogens is 222 g/mol. The summed E-state index contributed by atoms with van der Waals surface area (Å²) in [4.78, 5) is 11.6. The lowest BCUT2D eigenvalue weighted by molar-refractivity contribution is 0.100. The van der Waals surface area contributed by atoms with Gasteiger partial charge in [0.05, 0.1) is 0 Å². The van der Waals surface area contributed by atoms with Gasteiger partial charge in [-0.15, -0.1) is 0 Å². The summed E-state index contributed by atoms with van der Waals surface area (Å²) in [6, 6.07) is 13.8. The fourth-order valence-corrected chi connectivity index (χ4v) is 2.27. The zero-order valence-electron chi connectivity index (χ0n) is 10.7. The van der Waals surface area contributed by atoms with Gasteiger partial charge in [0.15, 0.2) is 0 Å². The topological polar surface area (TPSA) is 43.1 Å². The molecule has 92 valence electrons. The van der Waals surface area contributed by atoms with E-state index in [0.29, 0.717) is 5.56 Å². The van der Waals surface area contributed by atoms with Crippen molar-refractivity contribution in [3.8, 4) is 11.1 Å². The van der Waals surface area contributed by atoms with Crippen LogP contribution in [0.1, 0.15) is 28.4 Å². The summed E-state index contributed by atoms with van der Waals surface area (Å²) < 4.78 is 0. The first-order valence-electron chi connectivity index (χ1n) is 6.12. The molecule has 2 nitrogen and oxygen atoms in total. The average molecular weight is 239 g/mol. The largest absolute Gasteiger partial charge is 0.366 e. The summed E-state index contributed by atoms with van der Waals surface area (Å²) in [7, 11) is 0. The molecule has 2 N–H and O–H groups in total. The normalized spacial score (nSPS) is 10.3. The van der Waals surface area contributed by atoms with E-state index < -0.39 is 0 Å². The molecule has 0 saturated carbocycles. The quantitative estimate of drug-likeness (QED) is 0.877. The number of rotatable bonds is 3. The number of aryl methyl sites for hydroxylation is 2.